The molecule has 1 aliphatic rings. The highest BCUT2D eigenvalue weighted by atomic mass is 35.5. The summed E-state index contributed by atoms with van der Waals surface area (Å²) in [7, 11) is 0. The summed E-state index contributed by atoms with van der Waals surface area (Å²) in [5.74, 6) is 1.28. The minimum Gasteiger partial charge on any atom is -0.494 e. The molecule has 1 aromatic carbocycles. The molecular formula is C19H23ClN2O2. The quantitative estimate of drug-likeness (QED) is 0.798. The van der Waals surface area contributed by atoms with Crippen molar-refractivity contribution >= 4 is 11.6 Å². The SMILES string of the molecule is CCOc1cccc(-c2nc(Cl)cn(CC3CCCCC3)c2=O)c1. The van der Waals surface area contributed by atoms with Crippen LogP contribution in [-0.2, 0) is 6.54 Å². The van der Waals surface area contributed by atoms with Gasteiger partial charge in [-0.15, -0.1) is 0 Å². The lowest BCUT2D eigenvalue weighted by Gasteiger charge is -2.22. The molecule has 128 valence electrons. The summed E-state index contributed by atoms with van der Waals surface area (Å²) in [6.07, 6.45) is 7.83. The van der Waals surface area contributed by atoms with Gasteiger partial charge in [-0.05, 0) is 37.8 Å². The minimum atomic E-state index is -0.0846. The molecule has 1 saturated carbocycles. The van der Waals surface area contributed by atoms with Crippen LogP contribution in [0.2, 0.25) is 5.15 Å². The first-order chi connectivity index (χ1) is 11.7. The summed E-state index contributed by atoms with van der Waals surface area (Å²) >= 11 is 6.19. The standard InChI is InChI=1S/C19H23ClN2O2/c1-2-24-16-10-6-9-15(11-16)18-19(23)22(13-17(20)21-18)12-14-7-4-3-5-8-14/h6,9-11,13-14H,2-5,7-8,12H2,1H3. The van der Waals surface area contributed by atoms with E-state index >= 15 is 0 Å². The molecule has 0 amide bonds. The molecule has 3 rings (SSSR count). The molecule has 0 N–H and O–H groups in total. The van der Waals surface area contributed by atoms with E-state index in [1.807, 2.05) is 31.2 Å². The lowest BCUT2D eigenvalue weighted by Crippen LogP contribution is -2.27. The van der Waals surface area contributed by atoms with Gasteiger partial charge in [0, 0.05) is 18.3 Å². The van der Waals surface area contributed by atoms with E-state index in [2.05, 4.69) is 4.98 Å². The van der Waals surface area contributed by atoms with Gasteiger partial charge in [0.05, 0.1) is 6.61 Å². The van der Waals surface area contributed by atoms with Gasteiger partial charge in [0.1, 0.15) is 16.6 Å². The Morgan fingerprint density at radius 1 is 1.29 bits per heavy atom. The Bertz CT molecular complexity index is 751. The van der Waals surface area contributed by atoms with E-state index in [0.29, 0.717) is 23.4 Å². The number of hydrogen-bond acceptors (Lipinski definition) is 3. The van der Waals surface area contributed by atoms with Crippen molar-refractivity contribution in [3.05, 3.63) is 46.0 Å². The summed E-state index contributed by atoms with van der Waals surface area (Å²) < 4.78 is 7.25. The Balaban J connectivity index is 1.93. The molecule has 5 heteroatoms. The molecule has 0 unspecified atom stereocenters. The average molecular weight is 347 g/mol. The van der Waals surface area contributed by atoms with Crippen molar-refractivity contribution in [2.75, 3.05) is 6.61 Å². The fourth-order valence-electron chi connectivity index (χ4n) is 3.38. The van der Waals surface area contributed by atoms with Gasteiger partial charge in [-0.2, -0.15) is 0 Å². The Morgan fingerprint density at radius 3 is 2.83 bits per heavy atom. The maximum absolute atomic E-state index is 12.9. The number of aromatic nitrogens is 2. The summed E-state index contributed by atoms with van der Waals surface area (Å²) in [5, 5.41) is 0.349. The maximum atomic E-state index is 12.9. The topological polar surface area (TPSA) is 44.1 Å². The molecule has 0 aliphatic heterocycles. The maximum Gasteiger partial charge on any atom is 0.277 e. The first kappa shape index (κ1) is 17.0. The van der Waals surface area contributed by atoms with E-state index in [1.54, 1.807) is 10.8 Å². The van der Waals surface area contributed by atoms with Gasteiger partial charge >= 0.3 is 0 Å². The molecule has 1 fully saturated rings. The van der Waals surface area contributed by atoms with Crippen molar-refractivity contribution in [2.45, 2.75) is 45.6 Å². The normalized spacial score (nSPS) is 15.4. The summed E-state index contributed by atoms with van der Waals surface area (Å²) in [4.78, 5) is 17.1. The van der Waals surface area contributed by atoms with E-state index < -0.39 is 0 Å². The summed E-state index contributed by atoms with van der Waals surface area (Å²) in [6.45, 7) is 3.24. The first-order valence-corrected chi connectivity index (χ1v) is 9.05. The van der Waals surface area contributed by atoms with Gasteiger partial charge < -0.3 is 9.30 Å². The van der Waals surface area contributed by atoms with Gasteiger partial charge in [-0.1, -0.05) is 43.0 Å². The van der Waals surface area contributed by atoms with Crippen LogP contribution in [0.25, 0.3) is 11.3 Å². The van der Waals surface area contributed by atoms with Crippen LogP contribution in [0.3, 0.4) is 0 Å². The van der Waals surface area contributed by atoms with Crippen LogP contribution < -0.4 is 10.3 Å². The molecule has 0 saturated heterocycles. The molecule has 1 heterocycles. The lowest BCUT2D eigenvalue weighted by molar-refractivity contribution is 0.316. The Hall–Kier alpha value is -1.81. The van der Waals surface area contributed by atoms with Crippen LogP contribution in [0.1, 0.15) is 39.0 Å². The first-order valence-electron chi connectivity index (χ1n) is 8.67. The third kappa shape index (κ3) is 3.99. The fraction of sp³-hybridized carbons (Fsp3) is 0.474. The van der Waals surface area contributed by atoms with Crippen LogP contribution in [0.4, 0.5) is 0 Å². The van der Waals surface area contributed by atoms with E-state index in [1.165, 1.54) is 32.1 Å². The van der Waals surface area contributed by atoms with Crippen molar-refractivity contribution in [1.29, 1.82) is 0 Å². The average Bonchev–Trinajstić information content (AvgIpc) is 2.59. The molecule has 0 bridgehead atoms. The van der Waals surface area contributed by atoms with E-state index in [9.17, 15) is 4.79 Å². The van der Waals surface area contributed by atoms with Gasteiger partial charge in [-0.25, -0.2) is 4.98 Å². The zero-order valence-corrected chi connectivity index (χ0v) is 14.8. The van der Waals surface area contributed by atoms with E-state index in [4.69, 9.17) is 16.3 Å². The second-order valence-electron chi connectivity index (χ2n) is 6.33. The number of ether oxygens (including phenoxy) is 1. The molecule has 24 heavy (non-hydrogen) atoms. The van der Waals surface area contributed by atoms with Crippen molar-refractivity contribution < 1.29 is 4.74 Å². The Labute approximate surface area is 147 Å². The third-order valence-electron chi connectivity index (χ3n) is 4.54. The number of nitrogens with zero attached hydrogens (tertiary/aromatic N) is 2. The molecule has 2 aromatic rings. The predicted molar refractivity (Wildman–Crippen MR) is 96.7 cm³/mol. The van der Waals surface area contributed by atoms with Gasteiger partial charge in [0.2, 0.25) is 0 Å². The minimum absolute atomic E-state index is 0.0846. The van der Waals surface area contributed by atoms with Crippen LogP contribution in [-0.4, -0.2) is 16.2 Å². The fourth-order valence-corrected chi connectivity index (χ4v) is 3.58. The Morgan fingerprint density at radius 2 is 2.08 bits per heavy atom. The lowest BCUT2D eigenvalue weighted by atomic mass is 9.89. The van der Waals surface area contributed by atoms with E-state index in [0.717, 1.165) is 17.9 Å². The smallest absolute Gasteiger partial charge is 0.277 e. The van der Waals surface area contributed by atoms with Crippen LogP contribution in [0, 0.1) is 5.92 Å². The molecule has 1 aromatic heterocycles. The highest BCUT2D eigenvalue weighted by Crippen LogP contribution is 2.26. The second-order valence-corrected chi connectivity index (χ2v) is 6.72. The van der Waals surface area contributed by atoms with Gasteiger partial charge in [0.15, 0.2) is 0 Å². The monoisotopic (exact) mass is 346 g/mol. The van der Waals surface area contributed by atoms with Crippen molar-refractivity contribution in [1.82, 2.24) is 9.55 Å². The molecular weight excluding hydrogens is 324 g/mol. The molecule has 1 aliphatic carbocycles. The molecule has 0 radical (unpaired) electrons. The molecule has 4 nitrogen and oxygen atoms in total. The Kier molecular flexibility index (Phi) is 5.56. The van der Waals surface area contributed by atoms with Crippen LogP contribution >= 0.6 is 11.6 Å². The second kappa shape index (κ2) is 7.84. The predicted octanol–water partition coefficient (Wildman–Crippen LogP) is 4.54. The van der Waals surface area contributed by atoms with Crippen LogP contribution in [0.15, 0.2) is 35.3 Å². The number of halogens is 1. The van der Waals surface area contributed by atoms with E-state index in [-0.39, 0.29) is 5.56 Å². The summed E-state index contributed by atoms with van der Waals surface area (Å²) in [5.41, 5.74) is 1.05. The highest BCUT2D eigenvalue weighted by molar-refractivity contribution is 6.29. The summed E-state index contributed by atoms with van der Waals surface area (Å²) in [6, 6.07) is 7.45. The number of benzene rings is 1. The van der Waals surface area contributed by atoms with Gasteiger partial charge in [0.25, 0.3) is 5.56 Å². The van der Waals surface area contributed by atoms with Crippen molar-refractivity contribution in [3.8, 4) is 17.0 Å². The zero-order chi connectivity index (χ0) is 16.9. The highest BCUT2D eigenvalue weighted by Gasteiger charge is 2.17. The van der Waals surface area contributed by atoms with Gasteiger partial charge in [-0.3, -0.25) is 4.79 Å². The zero-order valence-electron chi connectivity index (χ0n) is 14.0. The third-order valence-corrected chi connectivity index (χ3v) is 4.72. The molecule has 0 atom stereocenters. The number of rotatable bonds is 5. The molecule has 0 spiro atoms. The van der Waals surface area contributed by atoms with Crippen LogP contribution in [0.5, 0.6) is 5.75 Å². The van der Waals surface area contributed by atoms with Crippen molar-refractivity contribution in [3.63, 3.8) is 0 Å². The van der Waals surface area contributed by atoms with Crippen molar-refractivity contribution in [2.24, 2.45) is 5.92 Å². The largest absolute Gasteiger partial charge is 0.494 e. The number of hydrogen-bond donors (Lipinski definition) is 0.